The lowest BCUT2D eigenvalue weighted by Crippen LogP contribution is -2.61. The molecule has 0 radical (unpaired) electrons. The highest BCUT2D eigenvalue weighted by Crippen LogP contribution is 2.26. The van der Waals surface area contributed by atoms with Crippen LogP contribution in [0.15, 0.2) is 23.9 Å². The van der Waals surface area contributed by atoms with Crippen molar-refractivity contribution in [2.24, 2.45) is 5.73 Å². The topological polar surface area (TPSA) is 128 Å². The molecule has 0 spiro atoms. The second kappa shape index (κ2) is 5.68. The standard InChI is InChI=1S/C11H16ClN3O5/c12-3-1-11(13)2-4-15(10(19)14-11)9-8(18)7(17)6(5-16)20-9/h1-4,6-9,16-18H,5,13H2,(H,14,19)/b3-1-/t6-,7-,8-,9-,11?/m1/s1. The van der Waals surface area contributed by atoms with Crippen LogP contribution in [0.4, 0.5) is 4.79 Å². The number of carbonyl (C=O) groups excluding carboxylic acids is 1. The van der Waals surface area contributed by atoms with Crippen molar-refractivity contribution in [3.63, 3.8) is 0 Å². The van der Waals surface area contributed by atoms with Crippen molar-refractivity contribution in [1.82, 2.24) is 10.2 Å². The van der Waals surface area contributed by atoms with Crippen LogP contribution in [0.1, 0.15) is 0 Å². The van der Waals surface area contributed by atoms with E-state index < -0.39 is 42.8 Å². The fourth-order valence-corrected chi connectivity index (χ4v) is 2.28. The number of hydrogen-bond donors (Lipinski definition) is 5. The molecule has 2 aliphatic rings. The van der Waals surface area contributed by atoms with Gasteiger partial charge in [0.05, 0.1) is 6.61 Å². The van der Waals surface area contributed by atoms with Crippen molar-refractivity contribution >= 4 is 17.6 Å². The summed E-state index contributed by atoms with van der Waals surface area (Å²) in [5.74, 6) is 0. The average molecular weight is 306 g/mol. The second-order valence-electron chi connectivity index (χ2n) is 4.61. The lowest BCUT2D eigenvalue weighted by Gasteiger charge is -2.36. The Labute approximate surface area is 120 Å². The summed E-state index contributed by atoms with van der Waals surface area (Å²) in [4.78, 5) is 13.0. The number of amides is 2. The molecule has 2 amide bonds. The molecule has 9 heteroatoms. The monoisotopic (exact) mass is 305 g/mol. The van der Waals surface area contributed by atoms with Crippen LogP contribution in [0.5, 0.6) is 0 Å². The maximum Gasteiger partial charge on any atom is 0.325 e. The Kier molecular flexibility index (Phi) is 4.33. The number of ether oxygens (including phenoxy) is 1. The summed E-state index contributed by atoms with van der Waals surface area (Å²) in [6.45, 7) is -0.469. The number of nitrogens with one attached hydrogen (secondary N) is 1. The highest BCUT2D eigenvalue weighted by atomic mass is 35.5. The maximum atomic E-state index is 12.0. The van der Waals surface area contributed by atoms with E-state index in [-0.39, 0.29) is 0 Å². The molecule has 5 atom stereocenters. The zero-order valence-corrected chi connectivity index (χ0v) is 11.1. The smallest absolute Gasteiger partial charge is 0.325 e. The number of nitrogens with two attached hydrogens (primary N) is 1. The number of halogens is 1. The van der Waals surface area contributed by atoms with E-state index in [1.54, 1.807) is 0 Å². The molecule has 0 aliphatic carbocycles. The van der Waals surface area contributed by atoms with Gasteiger partial charge in [-0.15, -0.1) is 0 Å². The number of aliphatic hydroxyl groups is 3. The van der Waals surface area contributed by atoms with Gasteiger partial charge < -0.3 is 31.1 Å². The van der Waals surface area contributed by atoms with Crippen molar-refractivity contribution in [3.8, 4) is 0 Å². The summed E-state index contributed by atoms with van der Waals surface area (Å²) >= 11 is 5.43. The van der Waals surface area contributed by atoms with Crippen molar-refractivity contribution in [2.75, 3.05) is 6.61 Å². The molecule has 0 aromatic carbocycles. The average Bonchev–Trinajstić information content (AvgIpc) is 2.66. The van der Waals surface area contributed by atoms with Crippen LogP contribution in [0, 0.1) is 0 Å². The number of carbonyl (C=O) groups is 1. The van der Waals surface area contributed by atoms with E-state index in [0.29, 0.717) is 0 Å². The van der Waals surface area contributed by atoms with Gasteiger partial charge in [-0.2, -0.15) is 0 Å². The van der Waals surface area contributed by atoms with E-state index in [0.717, 1.165) is 4.90 Å². The Hall–Kier alpha value is -1.16. The van der Waals surface area contributed by atoms with E-state index in [9.17, 15) is 15.0 Å². The summed E-state index contributed by atoms with van der Waals surface area (Å²) < 4.78 is 5.25. The van der Waals surface area contributed by atoms with Gasteiger partial charge in [0.25, 0.3) is 0 Å². The van der Waals surface area contributed by atoms with Gasteiger partial charge in [0.2, 0.25) is 0 Å². The molecule has 1 fully saturated rings. The molecule has 6 N–H and O–H groups in total. The molecule has 8 nitrogen and oxygen atoms in total. The molecule has 0 saturated carbocycles. The molecule has 0 aromatic heterocycles. The Bertz CT molecular complexity index is 446. The summed E-state index contributed by atoms with van der Waals surface area (Å²) in [5.41, 5.74) is 5.77. The predicted octanol–water partition coefficient (Wildman–Crippen LogP) is -1.63. The first-order chi connectivity index (χ1) is 9.41. The Morgan fingerprint density at radius 1 is 1.55 bits per heavy atom. The summed E-state index contributed by atoms with van der Waals surface area (Å²) in [7, 11) is 0. The Balaban J connectivity index is 2.17. The Morgan fingerprint density at radius 2 is 2.25 bits per heavy atom. The molecule has 2 aliphatic heterocycles. The van der Waals surface area contributed by atoms with Crippen molar-refractivity contribution < 1.29 is 24.9 Å². The van der Waals surface area contributed by atoms with E-state index in [4.69, 9.17) is 27.2 Å². The molecule has 2 heterocycles. The van der Waals surface area contributed by atoms with Crippen LogP contribution in [0.25, 0.3) is 0 Å². The van der Waals surface area contributed by atoms with E-state index in [2.05, 4.69) is 5.32 Å². The molecular weight excluding hydrogens is 290 g/mol. The van der Waals surface area contributed by atoms with E-state index in [1.165, 1.54) is 23.9 Å². The van der Waals surface area contributed by atoms with Crippen LogP contribution in [-0.4, -0.2) is 63.1 Å². The minimum atomic E-state index is -1.34. The number of rotatable bonds is 3. The van der Waals surface area contributed by atoms with Crippen LogP contribution < -0.4 is 11.1 Å². The van der Waals surface area contributed by atoms with Gasteiger partial charge in [-0.25, -0.2) is 4.79 Å². The third kappa shape index (κ3) is 2.66. The SMILES string of the molecule is NC1(/C=C\Cl)C=CN([C@@H]2O[C@H](CO)[C@@H](O)[C@H]2O)C(=O)N1. The normalized spacial score (nSPS) is 41.5. The van der Waals surface area contributed by atoms with Gasteiger partial charge in [-0.05, 0) is 12.2 Å². The zero-order chi connectivity index (χ0) is 14.9. The first-order valence-corrected chi connectivity index (χ1v) is 6.34. The highest BCUT2D eigenvalue weighted by molar-refractivity contribution is 6.25. The third-order valence-electron chi connectivity index (χ3n) is 3.20. The first kappa shape index (κ1) is 15.2. The number of hydrogen-bond acceptors (Lipinski definition) is 6. The molecule has 2 rings (SSSR count). The minimum absolute atomic E-state index is 0.469. The lowest BCUT2D eigenvalue weighted by atomic mass is 10.1. The fourth-order valence-electron chi connectivity index (χ4n) is 2.07. The van der Waals surface area contributed by atoms with Gasteiger partial charge >= 0.3 is 6.03 Å². The van der Waals surface area contributed by atoms with Gasteiger partial charge in [0.15, 0.2) is 6.23 Å². The van der Waals surface area contributed by atoms with Crippen molar-refractivity contribution in [3.05, 3.63) is 23.9 Å². The summed E-state index contributed by atoms with van der Waals surface area (Å²) in [5, 5.41) is 31.0. The maximum absolute atomic E-state index is 12.0. The molecule has 1 saturated heterocycles. The van der Waals surface area contributed by atoms with Crippen molar-refractivity contribution in [2.45, 2.75) is 30.2 Å². The molecule has 1 unspecified atom stereocenters. The van der Waals surface area contributed by atoms with Crippen LogP contribution in [0.3, 0.4) is 0 Å². The summed E-state index contributed by atoms with van der Waals surface area (Å²) in [6, 6.07) is -0.625. The third-order valence-corrected chi connectivity index (χ3v) is 3.32. The molecular formula is C11H16ClN3O5. The highest BCUT2D eigenvalue weighted by Gasteiger charge is 2.47. The zero-order valence-electron chi connectivity index (χ0n) is 10.4. The minimum Gasteiger partial charge on any atom is -0.394 e. The molecule has 0 bridgehead atoms. The second-order valence-corrected chi connectivity index (χ2v) is 4.86. The lowest BCUT2D eigenvalue weighted by molar-refractivity contribution is -0.0665. The van der Waals surface area contributed by atoms with Crippen LogP contribution >= 0.6 is 11.6 Å². The van der Waals surface area contributed by atoms with E-state index >= 15 is 0 Å². The van der Waals surface area contributed by atoms with Gasteiger partial charge in [-0.3, -0.25) is 4.90 Å². The number of urea groups is 1. The van der Waals surface area contributed by atoms with Gasteiger partial charge in [0, 0.05) is 11.7 Å². The first-order valence-electron chi connectivity index (χ1n) is 5.91. The van der Waals surface area contributed by atoms with Crippen molar-refractivity contribution in [1.29, 1.82) is 0 Å². The Morgan fingerprint density at radius 3 is 2.75 bits per heavy atom. The molecule has 112 valence electrons. The molecule has 0 aromatic rings. The fraction of sp³-hybridized carbons (Fsp3) is 0.545. The number of aliphatic hydroxyl groups excluding tert-OH is 3. The molecule has 20 heavy (non-hydrogen) atoms. The quantitative estimate of drug-likeness (QED) is 0.426. The van der Waals surface area contributed by atoms with Crippen LogP contribution in [-0.2, 0) is 4.74 Å². The largest absolute Gasteiger partial charge is 0.394 e. The number of nitrogens with zero attached hydrogens (tertiary/aromatic N) is 1. The van der Waals surface area contributed by atoms with Gasteiger partial charge in [0.1, 0.15) is 24.0 Å². The van der Waals surface area contributed by atoms with Crippen LogP contribution in [0.2, 0.25) is 0 Å². The summed E-state index contributed by atoms with van der Waals surface area (Å²) in [6.07, 6.45) is -0.531. The predicted molar refractivity (Wildman–Crippen MR) is 69.2 cm³/mol. The van der Waals surface area contributed by atoms with Gasteiger partial charge in [-0.1, -0.05) is 11.6 Å². The van der Waals surface area contributed by atoms with E-state index in [1.807, 2.05) is 0 Å².